The summed E-state index contributed by atoms with van der Waals surface area (Å²) in [5.74, 6) is 0.158. The van der Waals surface area contributed by atoms with Gasteiger partial charge in [0.15, 0.2) is 0 Å². The van der Waals surface area contributed by atoms with Crippen LogP contribution in [0.5, 0.6) is 5.75 Å². The molecule has 0 aliphatic carbocycles. The van der Waals surface area contributed by atoms with Gasteiger partial charge in [-0.05, 0) is 49.1 Å². The monoisotopic (exact) mass is 409 g/mol. The SMILES string of the molecule is CCOC(=O)CC1CC(C)(C)c2cc(NC(=O)c3ccc(C(=N)N)cc3)ccc2O1. The van der Waals surface area contributed by atoms with Crippen molar-refractivity contribution in [3.05, 3.63) is 59.2 Å². The lowest BCUT2D eigenvalue weighted by atomic mass is 9.76. The van der Waals surface area contributed by atoms with Crippen molar-refractivity contribution >= 4 is 23.4 Å². The van der Waals surface area contributed by atoms with Gasteiger partial charge in [0.05, 0.1) is 13.0 Å². The summed E-state index contributed by atoms with van der Waals surface area (Å²) >= 11 is 0. The molecule has 158 valence electrons. The van der Waals surface area contributed by atoms with Gasteiger partial charge in [0.1, 0.15) is 17.7 Å². The van der Waals surface area contributed by atoms with Gasteiger partial charge in [-0.25, -0.2) is 0 Å². The molecule has 1 amide bonds. The fourth-order valence-corrected chi connectivity index (χ4v) is 3.66. The van der Waals surface area contributed by atoms with E-state index in [0.717, 1.165) is 5.56 Å². The number of esters is 1. The van der Waals surface area contributed by atoms with Gasteiger partial charge in [-0.1, -0.05) is 26.0 Å². The molecule has 7 heteroatoms. The van der Waals surface area contributed by atoms with Crippen LogP contribution in [0, 0.1) is 5.41 Å². The highest BCUT2D eigenvalue weighted by Gasteiger charge is 2.35. The van der Waals surface area contributed by atoms with Crippen molar-refractivity contribution in [1.29, 1.82) is 5.41 Å². The van der Waals surface area contributed by atoms with Crippen LogP contribution in [0.3, 0.4) is 0 Å². The van der Waals surface area contributed by atoms with Gasteiger partial charge in [0.2, 0.25) is 0 Å². The first-order chi connectivity index (χ1) is 14.2. The standard InChI is InChI=1S/C23H27N3O4/c1-4-29-20(27)12-17-13-23(2,3)18-11-16(9-10-19(18)30-17)26-22(28)15-7-5-14(6-8-15)21(24)25/h5-11,17H,4,12-13H2,1-3H3,(H3,24,25)(H,26,28). The highest BCUT2D eigenvalue weighted by atomic mass is 16.5. The van der Waals surface area contributed by atoms with Crippen LogP contribution in [0.4, 0.5) is 5.69 Å². The van der Waals surface area contributed by atoms with Gasteiger partial charge in [-0.15, -0.1) is 0 Å². The van der Waals surface area contributed by atoms with E-state index in [1.807, 2.05) is 12.1 Å². The van der Waals surface area contributed by atoms with Gasteiger partial charge >= 0.3 is 5.97 Å². The fourth-order valence-electron chi connectivity index (χ4n) is 3.66. The average molecular weight is 409 g/mol. The van der Waals surface area contributed by atoms with E-state index in [9.17, 15) is 9.59 Å². The fraction of sp³-hybridized carbons (Fsp3) is 0.348. The number of hydrogen-bond acceptors (Lipinski definition) is 5. The van der Waals surface area contributed by atoms with Crippen molar-refractivity contribution in [3.8, 4) is 5.75 Å². The van der Waals surface area contributed by atoms with Gasteiger partial charge in [0.25, 0.3) is 5.91 Å². The van der Waals surface area contributed by atoms with Crippen LogP contribution in [-0.4, -0.2) is 30.4 Å². The van der Waals surface area contributed by atoms with Crippen LogP contribution in [-0.2, 0) is 14.9 Å². The molecular formula is C23H27N3O4. The zero-order valence-electron chi connectivity index (χ0n) is 17.5. The Morgan fingerprint density at radius 1 is 1.20 bits per heavy atom. The number of rotatable bonds is 6. The maximum Gasteiger partial charge on any atom is 0.309 e. The van der Waals surface area contributed by atoms with E-state index in [1.165, 1.54) is 0 Å². The van der Waals surface area contributed by atoms with E-state index in [4.69, 9.17) is 20.6 Å². The smallest absolute Gasteiger partial charge is 0.309 e. The second kappa shape index (κ2) is 8.57. The molecule has 4 N–H and O–H groups in total. The lowest BCUT2D eigenvalue weighted by Crippen LogP contribution is -2.36. The van der Waals surface area contributed by atoms with Crippen LogP contribution in [0.2, 0.25) is 0 Å². The van der Waals surface area contributed by atoms with E-state index < -0.39 is 0 Å². The lowest BCUT2D eigenvalue weighted by molar-refractivity contribution is -0.145. The summed E-state index contributed by atoms with van der Waals surface area (Å²) in [5, 5.41) is 10.3. The number of anilines is 1. The van der Waals surface area contributed by atoms with Crippen LogP contribution in [0.25, 0.3) is 0 Å². The summed E-state index contributed by atoms with van der Waals surface area (Å²) in [6.45, 7) is 6.33. The summed E-state index contributed by atoms with van der Waals surface area (Å²) in [6.07, 6.45) is 0.639. The number of fused-ring (bicyclic) bond motifs is 1. The first-order valence-electron chi connectivity index (χ1n) is 9.92. The molecular weight excluding hydrogens is 382 g/mol. The second-order valence-corrected chi connectivity index (χ2v) is 7.99. The number of amides is 1. The Bertz CT molecular complexity index is 967. The normalized spacial score (nSPS) is 16.7. The van der Waals surface area contributed by atoms with E-state index >= 15 is 0 Å². The van der Waals surface area contributed by atoms with Crippen molar-refractivity contribution in [2.45, 2.75) is 45.1 Å². The van der Waals surface area contributed by atoms with E-state index in [1.54, 1.807) is 37.3 Å². The molecule has 2 aromatic carbocycles. The van der Waals surface area contributed by atoms with Gasteiger partial charge in [-0.2, -0.15) is 0 Å². The maximum atomic E-state index is 12.6. The number of carbonyl (C=O) groups is 2. The molecule has 0 fully saturated rings. The molecule has 0 saturated heterocycles. The number of benzene rings is 2. The molecule has 7 nitrogen and oxygen atoms in total. The maximum absolute atomic E-state index is 12.6. The van der Waals surface area contributed by atoms with Crippen molar-refractivity contribution in [1.82, 2.24) is 0 Å². The molecule has 1 heterocycles. The molecule has 1 unspecified atom stereocenters. The van der Waals surface area contributed by atoms with Gasteiger partial charge in [-0.3, -0.25) is 15.0 Å². The Morgan fingerprint density at radius 3 is 2.50 bits per heavy atom. The van der Waals surface area contributed by atoms with E-state index in [0.29, 0.717) is 35.6 Å². The van der Waals surface area contributed by atoms with E-state index in [-0.39, 0.29) is 35.7 Å². The summed E-state index contributed by atoms with van der Waals surface area (Å²) in [5.41, 5.74) is 7.90. The topological polar surface area (TPSA) is 114 Å². The number of nitrogens with one attached hydrogen (secondary N) is 2. The molecule has 1 aliphatic heterocycles. The first kappa shape index (κ1) is 21.4. The zero-order valence-corrected chi connectivity index (χ0v) is 17.5. The molecule has 1 aliphatic rings. The summed E-state index contributed by atoms with van der Waals surface area (Å²) in [6, 6.07) is 12.1. The Balaban J connectivity index is 1.75. The third-order valence-electron chi connectivity index (χ3n) is 5.16. The minimum absolute atomic E-state index is 0.0415. The Kier molecular flexibility index (Phi) is 6.10. The number of amidine groups is 1. The number of carbonyl (C=O) groups excluding carboxylic acids is 2. The van der Waals surface area contributed by atoms with Crippen molar-refractivity contribution in [2.75, 3.05) is 11.9 Å². The number of nitrogens with two attached hydrogens (primary N) is 1. The summed E-state index contributed by atoms with van der Waals surface area (Å²) in [4.78, 5) is 24.4. The van der Waals surface area contributed by atoms with E-state index in [2.05, 4.69) is 19.2 Å². The molecule has 0 spiro atoms. The van der Waals surface area contributed by atoms with Crippen LogP contribution < -0.4 is 15.8 Å². The quantitative estimate of drug-likeness (QED) is 0.383. The first-order valence-corrected chi connectivity index (χ1v) is 9.92. The molecule has 0 aromatic heterocycles. The minimum Gasteiger partial charge on any atom is -0.489 e. The molecule has 2 aromatic rings. The molecule has 0 saturated carbocycles. The largest absolute Gasteiger partial charge is 0.489 e. The molecule has 0 bridgehead atoms. The van der Waals surface area contributed by atoms with Crippen molar-refractivity contribution in [3.63, 3.8) is 0 Å². The number of ether oxygens (including phenoxy) is 2. The third-order valence-corrected chi connectivity index (χ3v) is 5.16. The predicted octanol–water partition coefficient (Wildman–Crippen LogP) is 3.60. The molecule has 30 heavy (non-hydrogen) atoms. The van der Waals surface area contributed by atoms with Crippen molar-refractivity contribution < 1.29 is 19.1 Å². The van der Waals surface area contributed by atoms with Crippen LogP contribution in [0.15, 0.2) is 42.5 Å². The summed E-state index contributed by atoms with van der Waals surface area (Å²) < 4.78 is 11.1. The second-order valence-electron chi connectivity index (χ2n) is 7.99. The average Bonchev–Trinajstić information content (AvgIpc) is 2.68. The molecule has 3 rings (SSSR count). The highest BCUT2D eigenvalue weighted by molar-refractivity contribution is 6.05. The Labute approximate surface area is 176 Å². The zero-order chi connectivity index (χ0) is 21.9. The Hall–Kier alpha value is -3.35. The van der Waals surface area contributed by atoms with Crippen LogP contribution >= 0.6 is 0 Å². The number of hydrogen-bond donors (Lipinski definition) is 3. The number of nitrogen functional groups attached to an aromatic ring is 1. The molecule has 1 atom stereocenters. The highest BCUT2D eigenvalue weighted by Crippen LogP contribution is 2.42. The third kappa shape index (κ3) is 4.79. The lowest BCUT2D eigenvalue weighted by Gasteiger charge is -2.37. The van der Waals surface area contributed by atoms with Gasteiger partial charge < -0.3 is 20.5 Å². The van der Waals surface area contributed by atoms with Crippen molar-refractivity contribution in [2.24, 2.45) is 5.73 Å². The minimum atomic E-state index is -0.263. The summed E-state index contributed by atoms with van der Waals surface area (Å²) in [7, 11) is 0. The molecule has 0 radical (unpaired) electrons. The Morgan fingerprint density at radius 2 is 1.87 bits per heavy atom. The predicted molar refractivity (Wildman–Crippen MR) is 115 cm³/mol. The van der Waals surface area contributed by atoms with Crippen LogP contribution in [0.1, 0.15) is 55.1 Å². The van der Waals surface area contributed by atoms with Gasteiger partial charge in [0, 0.05) is 22.4 Å².